The Labute approximate surface area is 192 Å². The van der Waals surface area contributed by atoms with Gasteiger partial charge in [-0.1, -0.05) is 37.3 Å². The highest BCUT2D eigenvalue weighted by Gasteiger charge is 2.42. The summed E-state index contributed by atoms with van der Waals surface area (Å²) in [4.78, 5) is 31.5. The van der Waals surface area contributed by atoms with Gasteiger partial charge in [0.2, 0.25) is 5.91 Å². The minimum absolute atomic E-state index is 0.161. The van der Waals surface area contributed by atoms with Gasteiger partial charge in [0.05, 0.1) is 5.52 Å². The normalized spacial score (nSPS) is 24.0. The van der Waals surface area contributed by atoms with E-state index in [0.29, 0.717) is 5.92 Å². The van der Waals surface area contributed by atoms with E-state index < -0.39 is 6.09 Å². The number of aromatic nitrogens is 1. The maximum atomic E-state index is 13.9. The fourth-order valence-electron chi connectivity index (χ4n) is 5.43. The molecule has 2 heterocycles. The van der Waals surface area contributed by atoms with Gasteiger partial charge in [0, 0.05) is 17.5 Å². The van der Waals surface area contributed by atoms with Gasteiger partial charge in [-0.25, -0.2) is 14.1 Å². The molecule has 0 radical (unpaired) electrons. The van der Waals surface area contributed by atoms with Crippen molar-refractivity contribution < 1.29 is 18.7 Å². The number of nitrogens with zero attached hydrogens (tertiary/aromatic N) is 2. The van der Waals surface area contributed by atoms with Crippen LogP contribution in [0.25, 0.3) is 10.9 Å². The highest BCUT2D eigenvalue weighted by Crippen LogP contribution is 2.42. The number of rotatable bonds is 4. The van der Waals surface area contributed by atoms with Crippen molar-refractivity contribution in [2.75, 3.05) is 6.61 Å². The minimum atomic E-state index is -0.556. The predicted octanol–water partition coefficient (Wildman–Crippen LogP) is 6.00. The molecule has 1 saturated carbocycles. The number of hydrogen-bond acceptors (Lipinski definition) is 4. The standard InChI is InChI=1S/C27H27FN2O3/c1-17(26(31)30-25(16-33-27(30)32)20-5-3-2-4-6-20)18-7-9-19(10-8-18)22-13-14-29-24-12-11-21(28)15-23(22)24/h2-6,11-15,17-19,25H,7-10,16H2,1H3. The molecular formula is C27H27FN2O3. The third kappa shape index (κ3) is 4.10. The van der Waals surface area contributed by atoms with Gasteiger partial charge in [-0.15, -0.1) is 0 Å². The molecule has 5 rings (SSSR count). The van der Waals surface area contributed by atoms with E-state index in [1.807, 2.05) is 43.3 Å². The Morgan fingerprint density at radius 3 is 2.61 bits per heavy atom. The van der Waals surface area contributed by atoms with Crippen LogP contribution in [0.15, 0.2) is 60.8 Å². The zero-order valence-electron chi connectivity index (χ0n) is 18.6. The fourth-order valence-corrected chi connectivity index (χ4v) is 5.43. The van der Waals surface area contributed by atoms with Gasteiger partial charge in [-0.3, -0.25) is 9.78 Å². The number of carbonyl (C=O) groups is 2. The molecule has 1 aliphatic carbocycles. The summed E-state index contributed by atoms with van der Waals surface area (Å²) in [5, 5.41) is 0.871. The molecule has 1 aliphatic heterocycles. The third-order valence-electron chi connectivity index (χ3n) is 7.34. The lowest BCUT2D eigenvalue weighted by Gasteiger charge is -2.34. The molecule has 2 aromatic carbocycles. The van der Waals surface area contributed by atoms with Gasteiger partial charge >= 0.3 is 6.09 Å². The summed E-state index contributed by atoms with van der Waals surface area (Å²) < 4.78 is 19.1. The number of halogens is 1. The highest BCUT2D eigenvalue weighted by molar-refractivity contribution is 5.95. The Balaban J connectivity index is 1.29. The molecule has 170 valence electrons. The average Bonchev–Trinajstić information content (AvgIpc) is 3.24. The Morgan fingerprint density at radius 2 is 1.85 bits per heavy atom. The SMILES string of the molecule is CC(C(=O)N1C(=O)OCC1c1ccccc1)C1CCC(c2ccnc3ccc(F)cc23)CC1. The molecule has 1 aromatic heterocycles. The predicted molar refractivity (Wildman–Crippen MR) is 123 cm³/mol. The lowest BCUT2D eigenvalue weighted by molar-refractivity contribution is -0.135. The topological polar surface area (TPSA) is 59.5 Å². The largest absolute Gasteiger partial charge is 0.446 e. The number of pyridine rings is 1. The third-order valence-corrected chi connectivity index (χ3v) is 7.34. The van der Waals surface area contributed by atoms with E-state index in [1.54, 1.807) is 18.3 Å². The van der Waals surface area contributed by atoms with Crippen molar-refractivity contribution in [1.82, 2.24) is 9.88 Å². The quantitative estimate of drug-likeness (QED) is 0.493. The number of hydrogen-bond donors (Lipinski definition) is 0. The fraction of sp³-hybridized carbons (Fsp3) is 0.370. The maximum Gasteiger partial charge on any atom is 0.417 e. The molecule has 1 saturated heterocycles. The number of benzene rings is 2. The van der Waals surface area contributed by atoms with Crippen molar-refractivity contribution >= 4 is 22.9 Å². The molecule has 2 atom stereocenters. The van der Waals surface area contributed by atoms with E-state index in [2.05, 4.69) is 4.98 Å². The lowest BCUT2D eigenvalue weighted by atomic mass is 9.73. The molecule has 6 heteroatoms. The highest BCUT2D eigenvalue weighted by atomic mass is 19.1. The van der Waals surface area contributed by atoms with Crippen LogP contribution in [-0.4, -0.2) is 28.5 Å². The van der Waals surface area contributed by atoms with Crippen LogP contribution in [0.2, 0.25) is 0 Å². The molecule has 0 spiro atoms. The number of fused-ring (bicyclic) bond motifs is 1. The maximum absolute atomic E-state index is 13.9. The second kappa shape index (κ2) is 8.93. The van der Waals surface area contributed by atoms with Gasteiger partial charge < -0.3 is 4.74 Å². The minimum Gasteiger partial charge on any atom is -0.446 e. The summed E-state index contributed by atoms with van der Waals surface area (Å²) >= 11 is 0. The monoisotopic (exact) mass is 446 g/mol. The molecule has 5 nitrogen and oxygen atoms in total. The van der Waals surface area contributed by atoms with E-state index >= 15 is 0 Å². The van der Waals surface area contributed by atoms with Crippen LogP contribution in [0.5, 0.6) is 0 Å². The van der Waals surface area contributed by atoms with Crippen LogP contribution in [-0.2, 0) is 9.53 Å². The summed E-state index contributed by atoms with van der Waals surface area (Å²) in [7, 11) is 0. The van der Waals surface area contributed by atoms with Gasteiger partial charge in [0.1, 0.15) is 18.5 Å². The summed E-state index contributed by atoms with van der Waals surface area (Å²) in [5.41, 5.74) is 2.84. The van der Waals surface area contributed by atoms with Crippen molar-refractivity contribution in [3.8, 4) is 0 Å². The van der Waals surface area contributed by atoms with Gasteiger partial charge in [-0.05, 0) is 72.9 Å². The zero-order valence-corrected chi connectivity index (χ0v) is 18.6. The first-order chi connectivity index (χ1) is 16.0. The van der Waals surface area contributed by atoms with Crippen LogP contribution in [0, 0.1) is 17.7 Å². The van der Waals surface area contributed by atoms with Crippen molar-refractivity contribution in [3.63, 3.8) is 0 Å². The molecular weight excluding hydrogens is 419 g/mol. The molecule has 2 fully saturated rings. The van der Waals surface area contributed by atoms with E-state index in [1.165, 1.54) is 11.0 Å². The van der Waals surface area contributed by atoms with Gasteiger partial charge in [-0.2, -0.15) is 0 Å². The van der Waals surface area contributed by atoms with Crippen LogP contribution in [0.3, 0.4) is 0 Å². The van der Waals surface area contributed by atoms with E-state index in [-0.39, 0.29) is 36.2 Å². The summed E-state index contributed by atoms with van der Waals surface area (Å²) in [6, 6.07) is 15.9. The van der Waals surface area contributed by atoms with Crippen LogP contribution >= 0.6 is 0 Å². The Morgan fingerprint density at radius 1 is 1.09 bits per heavy atom. The smallest absolute Gasteiger partial charge is 0.417 e. The number of carbonyl (C=O) groups excluding carboxylic acids is 2. The molecule has 33 heavy (non-hydrogen) atoms. The molecule has 3 aromatic rings. The summed E-state index contributed by atoms with van der Waals surface area (Å²) in [5.74, 6) is -0.177. The second-order valence-corrected chi connectivity index (χ2v) is 9.17. The lowest BCUT2D eigenvalue weighted by Crippen LogP contribution is -2.40. The Bertz CT molecular complexity index is 1170. The summed E-state index contributed by atoms with van der Waals surface area (Å²) in [6.45, 7) is 2.12. The summed E-state index contributed by atoms with van der Waals surface area (Å²) in [6.07, 6.45) is 4.84. The van der Waals surface area contributed by atoms with Crippen molar-refractivity contribution in [3.05, 3.63) is 77.7 Å². The van der Waals surface area contributed by atoms with Crippen molar-refractivity contribution in [1.29, 1.82) is 0 Å². The first-order valence-electron chi connectivity index (χ1n) is 11.6. The van der Waals surface area contributed by atoms with E-state index in [0.717, 1.165) is 47.7 Å². The first kappa shape index (κ1) is 21.6. The number of cyclic esters (lactones) is 1. The van der Waals surface area contributed by atoms with Gasteiger partial charge in [0.25, 0.3) is 0 Å². The average molecular weight is 447 g/mol. The van der Waals surface area contributed by atoms with Crippen LogP contribution < -0.4 is 0 Å². The van der Waals surface area contributed by atoms with Crippen LogP contribution in [0.4, 0.5) is 9.18 Å². The Kier molecular flexibility index (Phi) is 5.83. The van der Waals surface area contributed by atoms with Crippen molar-refractivity contribution in [2.45, 2.75) is 44.6 Å². The zero-order chi connectivity index (χ0) is 22.9. The van der Waals surface area contributed by atoms with Gasteiger partial charge in [0.15, 0.2) is 0 Å². The number of imide groups is 1. The Hall–Kier alpha value is -3.28. The molecule has 2 aliphatic rings. The molecule has 2 amide bonds. The van der Waals surface area contributed by atoms with E-state index in [4.69, 9.17) is 4.74 Å². The number of ether oxygens (including phenoxy) is 1. The second-order valence-electron chi connectivity index (χ2n) is 9.17. The molecule has 2 unspecified atom stereocenters. The molecule has 0 N–H and O–H groups in total. The number of amides is 2. The van der Waals surface area contributed by atoms with Crippen LogP contribution in [0.1, 0.15) is 55.7 Å². The van der Waals surface area contributed by atoms with E-state index in [9.17, 15) is 14.0 Å². The molecule has 0 bridgehead atoms. The van der Waals surface area contributed by atoms with Crippen molar-refractivity contribution in [2.24, 2.45) is 11.8 Å². The first-order valence-corrected chi connectivity index (χ1v) is 11.6.